The van der Waals surface area contributed by atoms with Crippen molar-refractivity contribution >= 4 is 55.6 Å². The van der Waals surface area contributed by atoms with E-state index in [1.807, 2.05) is 39.0 Å². The summed E-state index contributed by atoms with van der Waals surface area (Å²) >= 11 is 5.59. The third-order valence-electron chi connectivity index (χ3n) is 5.28. The Kier molecular flexibility index (Phi) is 8.40. The highest BCUT2D eigenvalue weighted by molar-refractivity contribution is 14.1. The molecule has 4 rings (SSSR count). The van der Waals surface area contributed by atoms with Gasteiger partial charge in [0.05, 0.1) is 27.3 Å². The lowest BCUT2D eigenvalue weighted by molar-refractivity contribution is 0.267. The fourth-order valence-electron chi connectivity index (χ4n) is 3.62. The smallest absolute Gasteiger partial charge is 0.282 e. The molecular weight excluding hydrogens is 640 g/mol. The predicted octanol–water partition coefficient (Wildman–Crippen LogP) is 6.89. The molecule has 0 unspecified atom stereocenters. The SMILES string of the molecule is CCOc1cc(C=Nn2c(C(C)C)nc3ccc(Br)cc3c2=O)cc(I)c1OCc1cccc(F)c1. The summed E-state index contributed by atoms with van der Waals surface area (Å²) in [6.45, 7) is 6.47. The van der Waals surface area contributed by atoms with Crippen LogP contribution < -0.4 is 15.0 Å². The van der Waals surface area contributed by atoms with Crippen LogP contribution in [-0.4, -0.2) is 22.5 Å². The van der Waals surface area contributed by atoms with Gasteiger partial charge >= 0.3 is 0 Å². The number of fused-ring (bicyclic) bond motifs is 1. The average molecular weight is 664 g/mol. The van der Waals surface area contributed by atoms with E-state index in [0.717, 1.165) is 19.2 Å². The molecule has 1 heterocycles. The van der Waals surface area contributed by atoms with E-state index in [4.69, 9.17) is 9.47 Å². The van der Waals surface area contributed by atoms with Crippen molar-refractivity contribution in [1.82, 2.24) is 9.66 Å². The molecule has 36 heavy (non-hydrogen) atoms. The van der Waals surface area contributed by atoms with Crippen molar-refractivity contribution in [3.63, 3.8) is 0 Å². The number of halogens is 3. The minimum absolute atomic E-state index is 0.0133. The molecule has 4 aromatic rings. The Bertz CT molecular complexity index is 1500. The van der Waals surface area contributed by atoms with Crippen LogP contribution in [0.15, 0.2) is 69.0 Å². The molecule has 0 aliphatic rings. The number of rotatable bonds is 8. The Balaban J connectivity index is 1.70. The highest BCUT2D eigenvalue weighted by atomic mass is 127. The molecule has 0 fully saturated rings. The topological polar surface area (TPSA) is 65.7 Å². The normalized spacial score (nSPS) is 11.5. The number of ether oxygens (including phenoxy) is 2. The van der Waals surface area contributed by atoms with Crippen molar-refractivity contribution in [1.29, 1.82) is 0 Å². The minimum Gasteiger partial charge on any atom is -0.490 e. The summed E-state index contributed by atoms with van der Waals surface area (Å²) in [5.74, 6) is 1.35. The number of hydrogen-bond acceptors (Lipinski definition) is 5. The predicted molar refractivity (Wildman–Crippen MR) is 152 cm³/mol. The van der Waals surface area contributed by atoms with Gasteiger partial charge in [0.1, 0.15) is 18.2 Å². The molecule has 3 aromatic carbocycles. The van der Waals surface area contributed by atoms with Gasteiger partial charge in [-0.15, -0.1) is 0 Å². The molecule has 9 heteroatoms. The van der Waals surface area contributed by atoms with Crippen LogP contribution >= 0.6 is 38.5 Å². The fraction of sp³-hybridized carbons (Fsp3) is 0.222. The van der Waals surface area contributed by atoms with Crippen LogP contribution in [0.3, 0.4) is 0 Å². The minimum atomic E-state index is -0.311. The van der Waals surface area contributed by atoms with E-state index in [1.54, 1.807) is 30.5 Å². The average Bonchev–Trinajstić information content (AvgIpc) is 2.83. The van der Waals surface area contributed by atoms with Crippen LogP contribution in [0.4, 0.5) is 4.39 Å². The van der Waals surface area contributed by atoms with Crippen LogP contribution in [0.25, 0.3) is 10.9 Å². The number of benzene rings is 3. The van der Waals surface area contributed by atoms with Crippen LogP contribution in [0, 0.1) is 9.39 Å². The maximum Gasteiger partial charge on any atom is 0.282 e. The lowest BCUT2D eigenvalue weighted by Gasteiger charge is -2.15. The fourth-order valence-corrected chi connectivity index (χ4v) is 4.77. The van der Waals surface area contributed by atoms with Gasteiger partial charge < -0.3 is 9.47 Å². The van der Waals surface area contributed by atoms with Gasteiger partial charge in [-0.05, 0) is 83.1 Å². The molecule has 6 nitrogen and oxygen atoms in total. The molecule has 0 saturated heterocycles. The van der Waals surface area contributed by atoms with E-state index in [-0.39, 0.29) is 23.9 Å². The zero-order valence-electron chi connectivity index (χ0n) is 20.0. The maximum atomic E-state index is 13.5. The second kappa shape index (κ2) is 11.5. The molecule has 0 atom stereocenters. The van der Waals surface area contributed by atoms with Crippen molar-refractivity contribution in [3.8, 4) is 11.5 Å². The first-order chi connectivity index (χ1) is 17.3. The van der Waals surface area contributed by atoms with E-state index in [2.05, 4.69) is 48.6 Å². The molecule has 0 aliphatic heterocycles. The van der Waals surface area contributed by atoms with Crippen molar-refractivity contribution < 1.29 is 13.9 Å². The largest absolute Gasteiger partial charge is 0.490 e. The summed E-state index contributed by atoms with van der Waals surface area (Å²) in [4.78, 5) is 18.0. The molecule has 0 amide bonds. The first-order valence-electron chi connectivity index (χ1n) is 11.4. The molecular formula is C27H24BrFIN3O3. The Morgan fingerprint density at radius 2 is 1.97 bits per heavy atom. The zero-order chi connectivity index (χ0) is 25.8. The summed E-state index contributed by atoms with van der Waals surface area (Å²) < 4.78 is 28.3. The Morgan fingerprint density at radius 3 is 2.69 bits per heavy atom. The highest BCUT2D eigenvalue weighted by Gasteiger charge is 2.15. The van der Waals surface area contributed by atoms with Crippen molar-refractivity contribution in [2.24, 2.45) is 5.10 Å². The summed E-state index contributed by atoms with van der Waals surface area (Å²) in [5.41, 5.74) is 1.84. The van der Waals surface area contributed by atoms with E-state index in [0.29, 0.717) is 34.8 Å². The molecule has 0 spiro atoms. The first-order valence-corrected chi connectivity index (χ1v) is 13.2. The van der Waals surface area contributed by atoms with Gasteiger partial charge in [0.15, 0.2) is 11.5 Å². The third-order valence-corrected chi connectivity index (χ3v) is 6.57. The lowest BCUT2D eigenvalue weighted by Crippen LogP contribution is -2.23. The van der Waals surface area contributed by atoms with E-state index in [9.17, 15) is 9.18 Å². The molecule has 186 valence electrons. The van der Waals surface area contributed by atoms with Gasteiger partial charge in [0.25, 0.3) is 5.56 Å². The molecule has 0 aliphatic carbocycles. The second-order valence-corrected chi connectivity index (χ2v) is 10.4. The quantitative estimate of drug-likeness (QED) is 0.152. The van der Waals surface area contributed by atoms with Crippen LogP contribution in [-0.2, 0) is 6.61 Å². The van der Waals surface area contributed by atoms with Crippen molar-refractivity contribution in [2.75, 3.05) is 6.61 Å². The summed E-state index contributed by atoms with van der Waals surface area (Å²) in [6.07, 6.45) is 1.61. The van der Waals surface area contributed by atoms with E-state index < -0.39 is 0 Å². The monoisotopic (exact) mass is 663 g/mol. The zero-order valence-corrected chi connectivity index (χ0v) is 23.7. The molecule has 0 N–H and O–H groups in total. The Hall–Kier alpha value is -2.79. The first kappa shape index (κ1) is 26.3. The standard InChI is InChI=1S/C27H24BrFIN3O3/c1-4-35-24-12-18(11-22(30)25(24)36-15-17-6-5-7-20(29)10-17)14-31-33-26(16(2)3)32-23-9-8-19(28)13-21(23)27(33)34/h5-14,16H,4,15H2,1-3H3. The molecule has 1 aromatic heterocycles. The van der Waals surface area contributed by atoms with E-state index in [1.165, 1.54) is 16.8 Å². The maximum absolute atomic E-state index is 13.5. The van der Waals surface area contributed by atoms with Gasteiger partial charge in [-0.1, -0.05) is 41.9 Å². The highest BCUT2D eigenvalue weighted by Crippen LogP contribution is 2.34. The van der Waals surface area contributed by atoms with Gasteiger partial charge in [-0.2, -0.15) is 9.78 Å². The summed E-state index contributed by atoms with van der Waals surface area (Å²) in [6, 6.07) is 15.4. The van der Waals surface area contributed by atoms with Gasteiger partial charge in [-0.3, -0.25) is 4.79 Å². The second-order valence-electron chi connectivity index (χ2n) is 8.33. The number of hydrogen-bond donors (Lipinski definition) is 0. The van der Waals surface area contributed by atoms with Gasteiger partial charge in [0, 0.05) is 10.4 Å². The van der Waals surface area contributed by atoms with Gasteiger partial charge in [-0.25, -0.2) is 9.37 Å². The molecule has 0 bridgehead atoms. The Labute approximate surface area is 230 Å². The van der Waals surface area contributed by atoms with Crippen LogP contribution in [0.5, 0.6) is 11.5 Å². The summed E-state index contributed by atoms with van der Waals surface area (Å²) in [5, 5.41) is 5.00. The number of nitrogens with zero attached hydrogens (tertiary/aromatic N) is 3. The molecule has 0 saturated carbocycles. The number of aromatic nitrogens is 2. The lowest BCUT2D eigenvalue weighted by atomic mass is 10.2. The van der Waals surface area contributed by atoms with Gasteiger partial charge in [0.2, 0.25) is 0 Å². The van der Waals surface area contributed by atoms with E-state index >= 15 is 0 Å². The Morgan fingerprint density at radius 1 is 1.17 bits per heavy atom. The van der Waals surface area contributed by atoms with Crippen molar-refractivity contribution in [2.45, 2.75) is 33.3 Å². The van der Waals surface area contributed by atoms with Crippen LogP contribution in [0.2, 0.25) is 0 Å². The third kappa shape index (κ3) is 5.95. The summed E-state index contributed by atoms with van der Waals surface area (Å²) in [7, 11) is 0. The van der Waals surface area contributed by atoms with Crippen LogP contribution in [0.1, 0.15) is 43.6 Å². The molecule has 0 radical (unpaired) electrons. The van der Waals surface area contributed by atoms with Crippen molar-refractivity contribution in [3.05, 3.63) is 95.8 Å².